The minimum Gasteiger partial charge on any atom is -0.374 e. The third-order valence-corrected chi connectivity index (χ3v) is 7.06. The SMILES string of the molecule is O=C1C=CC2C(=C1)CCC1C2CCC2C3CCCC3OC21. The van der Waals surface area contributed by atoms with E-state index in [1.54, 1.807) is 6.08 Å². The Morgan fingerprint density at radius 3 is 2.76 bits per heavy atom. The third kappa shape index (κ3) is 1.78. The number of ether oxygens (including phenoxy) is 1. The van der Waals surface area contributed by atoms with Gasteiger partial charge in [0.15, 0.2) is 5.78 Å². The molecule has 7 atom stereocenters. The third-order valence-electron chi connectivity index (χ3n) is 7.06. The number of allylic oxidation sites excluding steroid dienone is 4. The van der Waals surface area contributed by atoms with Gasteiger partial charge in [0.2, 0.25) is 0 Å². The lowest BCUT2D eigenvalue weighted by Gasteiger charge is -2.47. The standard InChI is InChI=1S/C19H24O2/c20-12-5-7-13-11(10-12)4-6-16-14(13)8-9-17-15-2-1-3-18(15)21-19(16)17/h5,7,10,13-19H,1-4,6,8-9H2. The number of carbonyl (C=O) groups is 1. The second-order valence-corrected chi connectivity index (χ2v) is 7.85. The summed E-state index contributed by atoms with van der Waals surface area (Å²) in [6.45, 7) is 0. The van der Waals surface area contributed by atoms with Crippen LogP contribution in [0.15, 0.2) is 23.8 Å². The Kier molecular flexibility index (Phi) is 2.74. The maximum Gasteiger partial charge on any atom is 0.178 e. The molecule has 1 saturated heterocycles. The van der Waals surface area contributed by atoms with Crippen molar-refractivity contribution in [2.75, 3.05) is 0 Å². The molecule has 5 aliphatic rings. The minimum absolute atomic E-state index is 0.194. The summed E-state index contributed by atoms with van der Waals surface area (Å²) in [4.78, 5) is 11.6. The van der Waals surface area contributed by atoms with Crippen molar-refractivity contribution in [2.24, 2.45) is 29.6 Å². The fourth-order valence-electron chi connectivity index (χ4n) is 6.26. The zero-order chi connectivity index (χ0) is 14.0. The van der Waals surface area contributed by atoms with E-state index in [0.29, 0.717) is 18.1 Å². The van der Waals surface area contributed by atoms with Crippen LogP contribution in [-0.4, -0.2) is 18.0 Å². The van der Waals surface area contributed by atoms with Crippen LogP contribution in [0.3, 0.4) is 0 Å². The molecule has 1 aliphatic heterocycles. The lowest BCUT2D eigenvalue weighted by atomic mass is 9.58. The van der Waals surface area contributed by atoms with Crippen molar-refractivity contribution < 1.29 is 9.53 Å². The average molecular weight is 284 g/mol. The molecule has 3 saturated carbocycles. The van der Waals surface area contributed by atoms with Gasteiger partial charge in [0, 0.05) is 5.92 Å². The van der Waals surface area contributed by atoms with E-state index in [-0.39, 0.29) is 5.78 Å². The van der Waals surface area contributed by atoms with Gasteiger partial charge in [0.25, 0.3) is 0 Å². The van der Waals surface area contributed by atoms with Crippen LogP contribution < -0.4 is 0 Å². The maximum atomic E-state index is 11.6. The van der Waals surface area contributed by atoms with E-state index in [4.69, 9.17) is 4.74 Å². The van der Waals surface area contributed by atoms with Crippen molar-refractivity contribution in [1.82, 2.24) is 0 Å². The molecule has 5 rings (SSSR count). The first-order valence-corrected chi connectivity index (χ1v) is 8.89. The minimum atomic E-state index is 0.194. The van der Waals surface area contributed by atoms with E-state index < -0.39 is 0 Å². The first-order chi connectivity index (χ1) is 10.3. The van der Waals surface area contributed by atoms with Crippen LogP contribution in [0.25, 0.3) is 0 Å². The van der Waals surface area contributed by atoms with Crippen LogP contribution in [0, 0.1) is 29.6 Å². The maximum absolute atomic E-state index is 11.6. The zero-order valence-electron chi connectivity index (χ0n) is 12.5. The highest BCUT2D eigenvalue weighted by molar-refractivity contribution is 6.00. The molecule has 21 heavy (non-hydrogen) atoms. The van der Waals surface area contributed by atoms with Gasteiger partial charge in [0.05, 0.1) is 12.2 Å². The number of fused-ring (bicyclic) bond motifs is 7. The number of hydrogen-bond acceptors (Lipinski definition) is 2. The van der Waals surface area contributed by atoms with Crippen LogP contribution >= 0.6 is 0 Å². The average Bonchev–Trinajstić information content (AvgIpc) is 3.07. The lowest BCUT2D eigenvalue weighted by molar-refractivity contribution is -0.110. The molecule has 2 nitrogen and oxygen atoms in total. The smallest absolute Gasteiger partial charge is 0.178 e. The molecular weight excluding hydrogens is 260 g/mol. The summed E-state index contributed by atoms with van der Waals surface area (Å²) in [7, 11) is 0. The molecule has 4 aliphatic carbocycles. The quantitative estimate of drug-likeness (QED) is 0.678. The molecule has 112 valence electrons. The Balaban J connectivity index is 1.43. The molecule has 4 fully saturated rings. The van der Waals surface area contributed by atoms with Gasteiger partial charge in [-0.15, -0.1) is 0 Å². The number of rotatable bonds is 0. The van der Waals surface area contributed by atoms with Crippen LogP contribution in [0.5, 0.6) is 0 Å². The number of hydrogen-bond donors (Lipinski definition) is 0. The number of ketones is 1. The second kappa shape index (κ2) is 4.55. The van der Waals surface area contributed by atoms with Gasteiger partial charge < -0.3 is 4.74 Å². The normalized spacial score (nSPS) is 51.0. The second-order valence-electron chi connectivity index (χ2n) is 7.85. The van der Waals surface area contributed by atoms with Crippen LogP contribution in [-0.2, 0) is 9.53 Å². The predicted molar refractivity (Wildman–Crippen MR) is 80.7 cm³/mol. The summed E-state index contributed by atoms with van der Waals surface area (Å²) in [5, 5.41) is 0. The topological polar surface area (TPSA) is 26.3 Å². The number of carbonyl (C=O) groups excluding carboxylic acids is 1. The largest absolute Gasteiger partial charge is 0.374 e. The first-order valence-electron chi connectivity index (χ1n) is 8.89. The summed E-state index contributed by atoms with van der Waals surface area (Å²) in [6, 6.07) is 0. The molecular formula is C19H24O2. The van der Waals surface area contributed by atoms with Crippen LogP contribution in [0.1, 0.15) is 44.9 Å². The Morgan fingerprint density at radius 1 is 0.952 bits per heavy atom. The van der Waals surface area contributed by atoms with E-state index in [2.05, 4.69) is 6.08 Å². The molecule has 1 heterocycles. The van der Waals surface area contributed by atoms with E-state index in [0.717, 1.165) is 30.1 Å². The monoisotopic (exact) mass is 284 g/mol. The van der Waals surface area contributed by atoms with Crippen LogP contribution in [0.4, 0.5) is 0 Å². The molecule has 0 radical (unpaired) electrons. The Hall–Kier alpha value is -0.890. The van der Waals surface area contributed by atoms with Gasteiger partial charge in [-0.2, -0.15) is 0 Å². The summed E-state index contributed by atoms with van der Waals surface area (Å²) in [5.74, 6) is 3.92. The van der Waals surface area contributed by atoms with Crippen molar-refractivity contribution in [3.8, 4) is 0 Å². The van der Waals surface area contributed by atoms with Crippen molar-refractivity contribution in [3.63, 3.8) is 0 Å². The van der Waals surface area contributed by atoms with Gasteiger partial charge in [-0.25, -0.2) is 0 Å². The molecule has 7 unspecified atom stereocenters. The highest BCUT2D eigenvalue weighted by Crippen LogP contribution is 2.57. The highest BCUT2D eigenvalue weighted by atomic mass is 16.5. The predicted octanol–water partition coefficient (Wildman–Crippen LogP) is 3.67. The van der Waals surface area contributed by atoms with E-state index >= 15 is 0 Å². The fraction of sp³-hybridized carbons (Fsp3) is 0.737. The van der Waals surface area contributed by atoms with Crippen molar-refractivity contribution in [3.05, 3.63) is 23.8 Å². The first kappa shape index (κ1) is 12.6. The van der Waals surface area contributed by atoms with Crippen molar-refractivity contribution in [1.29, 1.82) is 0 Å². The summed E-state index contributed by atoms with van der Waals surface area (Å²) in [5.41, 5.74) is 1.40. The summed E-state index contributed by atoms with van der Waals surface area (Å²) < 4.78 is 6.55. The lowest BCUT2D eigenvalue weighted by Crippen LogP contribution is -2.44. The van der Waals surface area contributed by atoms with Crippen LogP contribution in [0.2, 0.25) is 0 Å². The Bertz CT molecular complexity index is 532. The molecule has 0 aromatic heterocycles. The van der Waals surface area contributed by atoms with Crippen molar-refractivity contribution in [2.45, 2.75) is 57.2 Å². The Morgan fingerprint density at radius 2 is 1.81 bits per heavy atom. The van der Waals surface area contributed by atoms with Gasteiger partial charge in [-0.3, -0.25) is 4.79 Å². The van der Waals surface area contributed by atoms with Gasteiger partial charge in [0.1, 0.15) is 0 Å². The molecule has 0 aromatic rings. The van der Waals surface area contributed by atoms with Gasteiger partial charge in [-0.05, 0) is 74.3 Å². The zero-order valence-corrected chi connectivity index (χ0v) is 12.5. The highest BCUT2D eigenvalue weighted by Gasteiger charge is 2.54. The molecule has 0 amide bonds. The van der Waals surface area contributed by atoms with E-state index in [9.17, 15) is 4.79 Å². The molecule has 0 bridgehead atoms. The van der Waals surface area contributed by atoms with Gasteiger partial charge in [-0.1, -0.05) is 18.1 Å². The Labute approximate surface area is 126 Å². The van der Waals surface area contributed by atoms with Crippen molar-refractivity contribution >= 4 is 5.78 Å². The molecule has 0 N–H and O–H groups in total. The summed E-state index contributed by atoms with van der Waals surface area (Å²) >= 11 is 0. The molecule has 0 aromatic carbocycles. The molecule has 2 heteroatoms. The molecule has 0 spiro atoms. The fourth-order valence-corrected chi connectivity index (χ4v) is 6.26. The van der Waals surface area contributed by atoms with E-state index in [1.165, 1.54) is 44.1 Å². The van der Waals surface area contributed by atoms with E-state index in [1.807, 2.05) is 6.08 Å². The summed E-state index contributed by atoms with van der Waals surface area (Å²) in [6.07, 6.45) is 16.2. The van der Waals surface area contributed by atoms with Gasteiger partial charge >= 0.3 is 0 Å².